The Morgan fingerprint density at radius 2 is 0.875 bits per heavy atom. The summed E-state index contributed by atoms with van der Waals surface area (Å²) in [6.45, 7) is 5.62. The summed E-state index contributed by atoms with van der Waals surface area (Å²) in [6.07, 6.45) is 18.1. The van der Waals surface area contributed by atoms with E-state index in [4.69, 9.17) is 5.14 Å². The third-order valence-corrected chi connectivity index (χ3v) is 5.72. The predicted octanol–water partition coefficient (Wildman–Crippen LogP) is 5.38. The quantitative estimate of drug-likeness (QED) is 0.333. The molecule has 0 atom stereocenters. The number of nitrogens with zero attached hydrogens (tertiary/aromatic N) is 1. The minimum atomic E-state index is -3.54. The molecule has 0 aliphatic heterocycles. The van der Waals surface area contributed by atoms with E-state index >= 15 is 0 Å². The molecule has 5 heteroatoms. The van der Waals surface area contributed by atoms with Crippen LogP contribution in [0, 0.1) is 0 Å². The van der Waals surface area contributed by atoms with Crippen molar-refractivity contribution in [2.24, 2.45) is 5.14 Å². The fraction of sp³-hybridized carbons (Fsp3) is 1.00. The van der Waals surface area contributed by atoms with Crippen molar-refractivity contribution in [2.45, 2.75) is 110 Å². The Hall–Kier alpha value is -0.130. The molecule has 0 aromatic carbocycles. The standard InChI is InChI=1S/C19H42N2O2S/c1-3-5-7-9-11-13-15-17-19-21(24(20,22)23)18-16-14-12-10-8-6-4-2/h3-19H2,1-2H3,(H2,20,22,23). The second-order valence-electron chi connectivity index (χ2n) is 7.04. The summed E-state index contributed by atoms with van der Waals surface area (Å²) >= 11 is 0. The average molecular weight is 363 g/mol. The van der Waals surface area contributed by atoms with Gasteiger partial charge in [-0.25, -0.2) is 5.14 Å². The summed E-state index contributed by atoms with van der Waals surface area (Å²) in [5.74, 6) is 0. The first-order valence-electron chi connectivity index (χ1n) is 10.3. The lowest BCUT2D eigenvalue weighted by atomic mass is 10.1. The van der Waals surface area contributed by atoms with Gasteiger partial charge in [0, 0.05) is 13.1 Å². The van der Waals surface area contributed by atoms with Crippen molar-refractivity contribution in [1.82, 2.24) is 4.31 Å². The van der Waals surface area contributed by atoms with Gasteiger partial charge in [0.25, 0.3) is 10.2 Å². The van der Waals surface area contributed by atoms with Gasteiger partial charge < -0.3 is 0 Å². The summed E-state index contributed by atoms with van der Waals surface area (Å²) in [6, 6.07) is 0. The minimum Gasteiger partial charge on any atom is -0.216 e. The molecule has 0 radical (unpaired) electrons. The highest BCUT2D eigenvalue weighted by Crippen LogP contribution is 2.11. The highest BCUT2D eigenvalue weighted by molar-refractivity contribution is 7.86. The third kappa shape index (κ3) is 15.4. The highest BCUT2D eigenvalue weighted by Gasteiger charge is 2.15. The van der Waals surface area contributed by atoms with Gasteiger partial charge in [0.1, 0.15) is 0 Å². The Morgan fingerprint density at radius 3 is 1.17 bits per heavy atom. The zero-order valence-electron chi connectivity index (χ0n) is 16.3. The van der Waals surface area contributed by atoms with Crippen LogP contribution in [0.4, 0.5) is 0 Å². The van der Waals surface area contributed by atoms with Crippen LogP contribution in [0.5, 0.6) is 0 Å². The molecule has 24 heavy (non-hydrogen) atoms. The molecule has 0 unspecified atom stereocenters. The molecule has 0 saturated carbocycles. The average Bonchev–Trinajstić information content (AvgIpc) is 2.53. The van der Waals surface area contributed by atoms with Gasteiger partial charge in [-0.05, 0) is 12.8 Å². The first kappa shape index (κ1) is 23.9. The van der Waals surface area contributed by atoms with Crippen LogP contribution in [0.2, 0.25) is 0 Å². The summed E-state index contributed by atoms with van der Waals surface area (Å²) in [5.41, 5.74) is 0. The second-order valence-corrected chi connectivity index (χ2v) is 8.59. The maximum Gasteiger partial charge on any atom is 0.276 e. The van der Waals surface area contributed by atoms with Crippen LogP contribution in [0.15, 0.2) is 0 Å². The minimum absolute atomic E-state index is 0.586. The molecule has 0 aliphatic carbocycles. The van der Waals surface area contributed by atoms with Crippen molar-refractivity contribution in [1.29, 1.82) is 0 Å². The summed E-state index contributed by atoms with van der Waals surface area (Å²) in [7, 11) is -3.54. The third-order valence-electron chi connectivity index (χ3n) is 4.63. The highest BCUT2D eigenvalue weighted by atomic mass is 32.2. The molecule has 0 aliphatic rings. The van der Waals surface area contributed by atoms with E-state index in [0.29, 0.717) is 13.1 Å². The van der Waals surface area contributed by atoms with Crippen molar-refractivity contribution in [3.63, 3.8) is 0 Å². The van der Waals surface area contributed by atoms with Crippen molar-refractivity contribution < 1.29 is 8.42 Å². The van der Waals surface area contributed by atoms with Crippen LogP contribution < -0.4 is 5.14 Å². The number of hydrogen-bond acceptors (Lipinski definition) is 2. The van der Waals surface area contributed by atoms with Crippen LogP contribution in [-0.2, 0) is 10.2 Å². The predicted molar refractivity (Wildman–Crippen MR) is 105 cm³/mol. The zero-order chi connectivity index (χ0) is 18.1. The van der Waals surface area contributed by atoms with Gasteiger partial charge in [-0.3, -0.25) is 0 Å². The molecular formula is C19H42N2O2S. The normalized spacial score (nSPS) is 12.2. The molecule has 0 bridgehead atoms. The molecule has 146 valence electrons. The number of rotatable bonds is 18. The lowest BCUT2D eigenvalue weighted by molar-refractivity contribution is 0.383. The van der Waals surface area contributed by atoms with Crippen LogP contribution >= 0.6 is 0 Å². The SMILES string of the molecule is CCCCCCCCCCN(CCCCCCCCC)S(N)(=O)=O. The summed E-state index contributed by atoms with van der Waals surface area (Å²) < 4.78 is 24.8. The van der Waals surface area contributed by atoms with E-state index < -0.39 is 10.2 Å². The lowest BCUT2D eigenvalue weighted by Gasteiger charge is -2.19. The topological polar surface area (TPSA) is 63.4 Å². The first-order chi connectivity index (χ1) is 11.5. The maximum absolute atomic E-state index is 11.7. The van der Waals surface area contributed by atoms with Gasteiger partial charge in [0.15, 0.2) is 0 Å². The Labute approximate surface area is 151 Å². The monoisotopic (exact) mass is 362 g/mol. The Bertz CT molecular complexity index is 358. The van der Waals surface area contributed by atoms with Crippen LogP contribution in [-0.4, -0.2) is 25.8 Å². The van der Waals surface area contributed by atoms with Gasteiger partial charge >= 0.3 is 0 Å². The van der Waals surface area contributed by atoms with Gasteiger partial charge in [-0.15, -0.1) is 0 Å². The molecule has 0 rings (SSSR count). The smallest absolute Gasteiger partial charge is 0.216 e. The molecule has 0 aromatic rings. The first-order valence-corrected chi connectivity index (χ1v) is 11.8. The van der Waals surface area contributed by atoms with Crippen LogP contribution in [0.3, 0.4) is 0 Å². The van der Waals surface area contributed by atoms with E-state index in [9.17, 15) is 8.42 Å². The number of nitrogens with two attached hydrogens (primary N) is 1. The van der Waals surface area contributed by atoms with E-state index in [0.717, 1.165) is 25.7 Å². The van der Waals surface area contributed by atoms with Crippen LogP contribution in [0.25, 0.3) is 0 Å². The van der Waals surface area contributed by atoms with Crippen molar-refractivity contribution in [2.75, 3.05) is 13.1 Å². The Morgan fingerprint density at radius 1 is 0.583 bits per heavy atom. The Kier molecular flexibility index (Phi) is 16.3. The van der Waals surface area contributed by atoms with Gasteiger partial charge in [0.2, 0.25) is 0 Å². The molecule has 0 amide bonds. The van der Waals surface area contributed by atoms with Crippen LogP contribution in [0.1, 0.15) is 110 Å². The van der Waals surface area contributed by atoms with Crippen molar-refractivity contribution >= 4 is 10.2 Å². The molecule has 0 heterocycles. The maximum atomic E-state index is 11.7. The second kappa shape index (κ2) is 16.3. The molecule has 0 fully saturated rings. The largest absolute Gasteiger partial charge is 0.276 e. The van der Waals surface area contributed by atoms with Gasteiger partial charge in [-0.2, -0.15) is 12.7 Å². The van der Waals surface area contributed by atoms with E-state index in [1.54, 1.807) is 0 Å². The van der Waals surface area contributed by atoms with E-state index in [2.05, 4.69) is 13.8 Å². The molecule has 2 N–H and O–H groups in total. The molecule has 4 nitrogen and oxygen atoms in total. The summed E-state index contributed by atoms with van der Waals surface area (Å²) in [5, 5.41) is 5.35. The van der Waals surface area contributed by atoms with Gasteiger partial charge in [0.05, 0.1) is 0 Å². The Balaban J connectivity index is 3.72. The molecule has 0 aromatic heterocycles. The van der Waals surface area contributed by atoms with E-state index in [-0.39, 0.29) is 0 Å². The fourth-order valence-corrected chi connectivity index (χ4v) is 3.80. The fourth-order valence-electron chi connectivity index (χ4n) is 3.03. The van der Waals surface area contributed by atoms with Crippen molar-refractivity contribution in [3.05, 3.63) is 0 Å². The zero-order valence-corrected chi connectivity index (χ0v) is 17.1. The van der Waals surface area contributed by atoms with Gasteiger partial charge in [-0.1, -0.05) is 97.3 Å². The molecule has 0 saturated heterocycles. The number of hydrogen-bond donors (Lipinski definition) is 1. The molecule has 0 spiro atoms. The van der Waals surface area contributed by atoms with E-state index in [1.807, 2.05) is 0 Å². The van der Waals surface area contributed by atoms with Crippen molar-refractivity contribution in [3.8, 4) is 0 Å². The lowest BCUT2D eigenvalue weighted by Crippen LogP contribution is -2.38. The van der Waals surface area contributed by atoms with E-state index in [1.165, 1.54) is 74.9 Å². The molecular weight excluding hydrogens is 320 g/mol. The summed E-state index contributed by atoms with van der Waals surface area (Å²) in [4.78, 5) is 0. The number of unbranched alkanes of at least 4 members (excludes halogenated alkanes) is 13.